The largest absolute Gasteiger partial charge is 0.490 e. The molecule has 2 N–H and O–H groups in total. The van der Waals surface area contributed by atoms with Gasteiger partial charge in [-0.3, -0.25) is 14.9 Å². The van der Waals surface area contributed by atoms with Gasteiger partial charge in [0.2, 0.25) is 0 Å². The lowest BCUT2D eigenvalue weighted by Gasteiger charge is -2.11. The van der Waals surface area contributed by atoms with Gasteiger partial charge in [-0.2, -0.15) is 13.8 Å². The van der Waals surface area contributed by atoms with E-state index in [1.54, 1.807) is 6.92 Å². The van der Waals surface area contributed by atoms with Crippen LogP contribution in [-0.4, -0.2) is 33.2 Å². The third-order valence-electron chi connectivity index (χ3n) is 2.99. The summed E-state index contributed by atoms with van der Waals surface area (Å²) in [6.45, 7) is -1.12. The average Bonchev–Trinajstić information content (AvgIpc) is 2.54. The molecular weight excluding hydrogens is 356 g/mol. The van der Waals surface area contributed by atoms with Gasteiger partial charge in [0, 0.05) is 0 Å². The van der Waals surface area contributed by atoms with Crippen molar-refractivity contribution in [1.29, 1.82) is 0 Å². The van der Waals surface area contributed by atoms with Crippen LogP contribution in [0.1, 0.15) is 18.3 Å². The number of nitrogens with zero attached hydrogens (tertiary/aromatic N) is 2. The molecule has 0 saturated heterocycles. The number of nitrogens with one attached hydrogen (secondary N) is 1. The van der Waals surface area contributed by atoms with Crippen LogP contribution in [0.25, 0.3) is 12.2 Å². The Morgan fingerprint density at radius 2 is 2.12 bits per heavy atom. The lowest BCUT2D eigenvalue weighted by molar-refractivity contribution is -0.387. The first-order valence-electron chi connectivity index (χ1n) is 7.19. The molecule has 11 heteroatoms. The number of hydrogen-bond acceptors (Lipinski definition) is 7. The SMILES string of the molecule is CCOc1cc(/C=C/c2nc(O)c([N+](=O)[O-])c(=O)[nH]2)ccc1OC(F)F. The molecule has 0 aliphatic rings. The van der Waals surface area contributed by atoms with E-state index in [-0.39, 0.29) is 23.9 Å². The van der Waals surface area contributed by atoms with Crippen LogP contribution in [0.15, 0.2) is 23.0 Å². The predicted molar refractivity (Wildman–Crippen MR) is 86.3 cm³/mol. The summed E-state index contributed by atoms with van der Waals surface area (Å²) in [7, 11) is 0. The van der Waals surface area contributed by atoms with Gasteiger partial charge in [-0.15, -0.1) is 0 Å². The summed E-state index contributed by atoms with van der Waals surface area (Å²) in [4.78, 5) is 26.8. The minimum atomic E-state index is -3.01. The summed E-state index contributed by atoms with van der Waals surface area (Å²) >= 11 is 0. The van der Waals surface area contributed by atoms with E-state index in [1.807, 2.05) is 0 Å². The molecule has 0 aliphatic carbocycles. The van der Waals surface area contributed by atoms with Gasteiger partial charge >= 0.3 is 17.9 Å². The Morgan fingerprint density at radius 3 is 2.69 bits per heavy atom. The molecule has 0 unspecified atom stereocenters. The zero-order valence-electron chi connectivity index (χ0n) is 13.3. The molecule has 0 fully saturated rings. The van der Waals surface area contributed by atoms with E-state index in [0.29, 0.717) is 5.56 Å². The lowest BCUT2D eigenvalue weighted by atomic mass is 10.2. The maximum absolute atomic E-state index is 12.4. The Balaban J connectivity index is 2.31. The van der Waals surface area contributed by atoms with Gasteiger partial charge in [0.25, 0.3) is 5.88 Å². The highest BCUT2D eigenvalue weighted by atomic mass is 19.3. The van der Waals surface area contributed by atoms with E-state index in [2.05, 4.69) is 14.7 Å². The molecule has 0 atom stereocenters. The van der Waals surface area contributed by atoms with E-state index in [9.17, 15) is 28.8 Å². The van der Waals surface area contributed by atoms with Crippen LogP contribution < -0.4 is 15.0 Å². The second kappa shape index (κ2) is 8.05. The average molecular weight is 369 g/mol. The summed E-state index contributed by atoms with van der Waals surface area (Å²) in [5.74, 6) is -1.21. The molecule has 0 amide bonds. The monoisotopic (exact) mass is 369 g/mol. The fourth-order valence-corrected chi connectivity index (χ4v) is 1.98. The molecular formula is C15H13F2N3O6. The molecule has 0 radical (unpaired) electrons. The summed E-state index contributed by atoms with van der Waals surface area (Å²) < 4.78 is 34.3. The quantitative estimate of drug-likeness (QED) is 0.567. The molecule has 138 valence electrons. The Bertz CT molecular complexity index is 897. The summed E-state index contributed by atoms with van der Waals surface area (Å²) in [6.07, 6.45) is 2.70. The number of nitro groups is 1. The van der Waals surface area contributed by atoms with Crippen molar-refractivity contribution < 1.29 is 28.3 Å². The van der Waals surface area contributed by atoms with Crippen LogP contribution in [0.4, 0.5) is 14.5 Å². The summed E-state index contributed by atoms with van der Waals surface area (Å²) in [5.41, 5.74) is -1.69. The summed E-state index contributed by atoms with van der Waals surface area (Å²) in [5, 5.41) is 20.1. The van der Waals surface area contributed by atoms with Gasteiger partial charge < -0.3 is 19.6 Å². The maximum atomic E-state index is 12.4. The molecule has 26 heavy (non-hydrogen) atoms. The second-order valence-corrected chi connectivity index (χ2v) is 4.73. The number of aromatic amines is 1. The van der Waals surface area contributed by atoms with E-state index in [0.717, 1.165) is 0 Å². The number of halogens is 2. The van der Waals surface area contributed by atoms with Crippen LogP contribution in [0.5, 0.6) is 17.4 Å². The maximum Gasteiger partial charge on any atom is 0.395 e. The van der Waals surface area contributed by atoms with Gasteiger partial charge in [0.1, 0.15) is 5.82 Å². The molecule has 1 aromatic heterocycles. The van der Waals surface area contributed by atoms with Crippen molar-refractivity contribution >= 4 is 17.8 Å². The van der Waals surface area contributed by atoms with E-state index < -0.39 is 28.7 Å². The Morgan fingerprint density at radius 1 is 1.38 bits per heavy atom. The molecule has 0 saturated carbocycles. The molecule has 2 rings (SSSR count). The third kappa shape index (κ3) is 4.53. The third-order valence-corrected chi connectivity index (χ3v) is 2.99. The molecule has 0 bridgehead atoms. The molecule has 0 aliphatic heterocycles. The number of aromatic hydroxyl groups is 1. The highest BCUT2D eigenvalue weighted by Crippen LogP contribution is 2.30. The second-order valence-electron chi connectivity index (χ2n) is 4.73. The number of benzene rings is 1. The first kappa shape index (κ1) is 18.8. The molecule has 1 aromatic carbocycles. The summed E-state index contributed by atoms with van der Waals surface area (Å²) in [6, 6.07) is 4.14. The van der Waals surface area contributed by atoms with Crippen LogP contribution in [-0.2, 0) is 0 Å². The first-order valence-corrected chi connectivity index (χ1v) is 7.19. The zero-order chi connectivity index (χ0) is 19.3. The zero-order valence-corrected chi connectivity index (χ0v) is 13.3. The Hall–Kier alpha value is -3.50. The van der Waals surface area contributed by atoms with Crippen molar-refractivity contribution in [2.24, 2.45) is 0 Å². The Labute approximate surface area is 144 Å². The fraction of sp³-hybridized carbons (Fsp3) is 0.200. The van der Waals surface area contributed by atoms with E-state index >= 15 is 0 Å². The first-order chi connectivity index (χ1) is 12.3. The number of rotatable bonds is 7. The van der Waals surface area contributed by atoms with E-state index in [4.69, 9.17) is 4.74 Å². The van der Waals surface area contributed by atoms with Crippen molar-refractivity contribution in [2.45, 2.75) is 13.5 Å². The van der Waals surface area contributed by atoms with Crippen molar-refractivity contribution in [3.8, 4) is 17.4 Å². The molecule has 9 nitrogen and oxygen atoms in total. The highest BCUT2D eigenvalue weighted by molar-refractivity contribution is 5.68. The number of ether oxygens (including phenoxy) is 2. The van der Waals surface area contributed by atoms with Gasteiger partial charge in [-0.1, -0.05) is 12.1 Å². The lowest BCUT2D eigenvalue weighted by Crippen LogP contribution is -2.14. The minimum Gasteiger partial charge on any atom is -0.490 e. The highest BCUT2D eigenvalue weighted by Gasteiger charge is 2.21. The van der Waals surface area contributed by atoms with Gasteiger partial charge in [-0.25, -0.2) is 0 Å². The number of H-pyrrole nitrogens is 1. The van der Waals surface area contributed by atoms with Crippen LogP contribution in [0.2, 0.25) is 0 Å². The van der Waals surface area contributed by atoms with Crippen LogP contribution in [0.3, 0.4) is 0 Å². The van der Waals surface area contributed by atoms with Crippen molar-refractivity contribution in [2.75, 3.05) is 6.61 Å². The van der Waals surface area contributed by atoms with Gasteiger partial charge in [0.15, 0.2) is 11.5 Å². The minimum absolute atomic E-state index is 0.0861. The number of aromatic nitrogens is 2. The molecule has 2 aromatic rings. The molecule has 0 spiro atoms. The fourth-order valence-electron chi connectivity index (χ4n) is 1.98. The van der Waals surface area contributed by atoms with Crippen LogP contribution >= 0.6 is 0 Å². The topological polar surface area (TPSA) is 128 Å². The van der Waals surface area contributed by atoms with Crippen molar-refractivity contribution in [3.63, 3.8) is 0 Å². The van der Waals surface area contributed by atoms with Crippen molar-refractivity contribution in [1.82, 2.24) is 9.97 Å². The Kier molecular flexibility index (Phi) is 5.83. The standard InChI is InChI=1S/C15H13F2N3O6/c1-2-25-10-7-8(3-5-9(10)26-15(16)17)4-6-11-18-13(21)12(20(23)24)14(22)19-11/h3-7,15H,2H2,1H3,(H2,18,19,21,22)/b6-4+. The normalized spacial score (nSPS) is 11.1. The number of hydrogen-bond donors (Lipinski definition) is 2. The molecule has 1 heterocycles. The smallest absolute Gasteiger partial charge is 0.395 e. The van der Waals surface area contributed by atoms with E-state index in [1.165, 1.54) is 30.4 Å². The number of alkyl halides is 2. The van der Waals surface area contributed by atoms with Crippen molar-refractivity contribution in [3.05, 3.63) is 50.1 Å². The van der Waals surface area contributed by atoms with Crippen LogP contribution in [0, 0.1) is 10.1 Å². The predicted octanol–water partition coefficient (Wildman–Crippen LogP) is 2.55. The van der Waals surface area contributed by atoms with Gasteiger partial charge in [0.05, 0.1) is 11.5 Å². The van der Waals surface area contributed by atoms with Gasteiger partial charge in [-0.05, 0) is 30.7 Å².